The highest BCUT2D eigenvalue weighted by Crippen LogP contribution is 2.34. The summed E-state index contributed by atoms with van der Waals surface area (Å²) in [5.41, 5.74) is 4.07. The largest absolute Gasteiger partial charge is 0.326 e. The molecular formula is C21H25N5O3. The lowest BCUT2D eigenvalue weighted by Gasteiger charge is -2.42. The standard InChI is InChI=1S/C21H25N5O3/c22-24-20(28)17(10-14-5-2-1-3-6-14)23-21(29)25-11-15-9-16(13-25)18-7-4-8-19(27)26(18)12-15/h1-8,15-17H,9-13,22H2,(H,23,29)(H,24,28)/t15-,16+,17+/m1/s1. The van der Waals surface area contributed by atoms with Crippen molar-refractivity contribution in [3.8, 4) is 0 Å². The molecule has 0 saturated carbocycles. The van der Waals surface area contributed by atoms with Gasteiger partial charge in [0.1, 0.15) is 6.04 Å². The number of piperidine rings is 1. The topological polar surface area (TPSA) is 109 Å². The van der Waals surface area contributed by atoms with E-state index in [1.165, 1.54) is 0 Å². The van der Waals surface area contributed by atoms with Crippen LogP contribution < -0.4 is 22.1 Å². The third-order valence-electron chi connectivity index (χ3n) is 5.81. The summed E-state index contributed by atoms with van der Waals surface area (Å²) in [7, 11) is 0. The van der Waals surface area contributed by atoms with E-state index in [4.69, 9.17) is 5.84 Å². The Balaban J connectivity index is 1.48. The molecule has 152 valence electrons. The SMILES string of the molecule is NNC(=O)[C@H](Cc1ccccc1)NC(=O)N1C[C@H]2C[C@@H](C1)c1cccc(=O)n1C2. The molecule has 4 N–H and O–H groups in total. The van der Waals surface area contributed by atoms with Crippen molar-refractivity contribution in [3.05, 3.63) is 70.1 Å². The third-order valence-corrected chi connectivity index (χ3v) is 5.81. The number of carbonyl (C=O) groups is 2. The van der Waals surface area contributed by atoms with Crippen LogP contribution in [0.4, 0.5) is 4.79 Å². The predicted octanol–water partition coefficient (Wildman–Crippen LogP) is 0.578. The minimum atomic E-state index is -0.758. The fourth-order valence-electron chi connectivity index (χ4n) is 4.46. The highest BCUT2D eigenvalue weighted by molar-refractivity contribution is 5.87. The summed E-state index contributed by atoms with van der Waals surface area (Å²) < 4.78 is 1.83. The lowest BCUT2D eigenvalue weighted by atomic mass is 9.83. The Labute approximate surface area is 168 Å². The number of amides is 3. The molecule has 1 aromatic carbocycles. The molecule has 3 amide bonds. The maximum atomic E-state index is 13.0. The fourth-order valence-corrected chi connectivity index (χ4v) is 4.46. The molecule has 8 nitrogen and oxygen atoms in total. The molecule has 0 spiro atoms. The second-order valence-corrected chi connectivity index (χ2v) is 7.80. The van der Waals surface area contributed by atoms with Gasteiger partial charge in [-0.3, -0.25) is 15.0 Å². The number of hydrogen-bond acceptors (Lipinski definition) is 4. The molecule has 2 aliphatic rings. The first kappa shape index (κ1) is 19.2. The van der Waals surface area contributed by atoms with Crippen LogP contribution in [0.25, 0.3) is 0 Å². The number of hydrogen-bond donors (Lipinski definition) is 3. The summed E-state index contributed by atoms with van der Waals surface area (Å²) in [5.74, 6) is 5.24. The minimum Gasteiger partial charge on any atom is -0.326 e. The zero-order valence-electron chi connectivity index (χ0n) is 16.1. The van der Waals surface area contributed by atoms with Crippen molar-refractivity contribution >= 4 is 11.9 Å². The van der Waals surface area contributed by atoms with Crippen molar-refractivity contribution in [2.75, 3.05) is 13.1 Å². The van der Waals surface area contributed by atoms with Crippen LogP contribution in [0.3, 0.4) is 0 Å². The van der Waals surface area contributed by atoms with Crippen molar-refractivity contribution in [3.63, 3.8) is 0 Å². The Hall–Kier alpha value is -3.13. The van der Waals surface area contributed by atoms with E-state index in [2.05, 4.69) is 10.7 Å². The van der Waals surface area contributed by atoms with Crippen molar-refractivity contribution in [2.45, 2.75) is 31.3 Å². The average molecular weight is 395 g/mol. The van der Waals surface area contributed by atoms with Gasteiger partial charge < -0.3 is 14.8 Å². The van der Waals surface area contributed by atoms with E-state index >= 15 is 0 Å². The van der Waals surface area contributed by atoms with Crippen LogP contribution in [-0.4, -0.2) is 40.5 Å². The van der Waals surface area contributed by atoms with Crippen LogP contribution >= 0.6 is 0 Å². The number of fused-ring (bicyclic) bond motifs is 4. The predicted molar refractivity (Wildman–Crippen MR) is 108 cm³/mol. The molecule has 1 aromatic heterocycles. The molecule has 3 atom stereocenters. The minimum absolute atomic E-state index is 0.0117. The molecule has 3 heterocycles. The van der Waals surface area contributed by atoms with Gasteiger partial charge in [0.2, 0.25) is 0 Å². The number of aromatic nitrogens is 1. The number of likely N-dealkylation sites (tertiary alicyclic amines) is 1. The second kappa shape index (κ2) is 8.08. The van der Waals surface area contributed by atoms with E-state index in [9.17, 15) is 14.4 Å². The molecule has 0 radical (unpaired) electrons. The number of hydrazine groups is 1. The molecule has 8 heteroatoms. The van der Waals surface area contributed by atoms with Gasteiger partial charge >= 0.3 is 6.03 Å². The van der Waals surface area contributed by atoms with Gasteiger partial charge in [0.15, 0.2) is 0 Å². The first-order chi connectivity index (χ1) is 14.0. The van der Waals surface area contributed by atoms with Crippen molar-refractivity contribution in [1.29, 1.82) is 0 Å². The Kier molecular flexibility index (Phi) is 5.35. The highest BCUT2D eigenvalue weighted by Gasteiger charge is 2.37. The lowest BCUT2D eigenvalue weighted by Crippen LogP contribution is -2.57. The molecule has 2 bridgehead atoms. The number of pyridine rings is 1. The van der Waals surface area contributed by atoms with Crippen LogP contribution in [-0.2, 0) is 17.8 Å². The van der Waals surface area contributed by atoms with Gasteiger partial charge in [-0.1, -0.05) is 36.4 Å². The first-order valence-electron chi connectivity index (χ1n) is 9.84. The molecule has 2 aromatic rings. The Morgan fingerprint density at radius 1 is 1.07 bits per heavy atom. The summed E-state index contributed by atoms with van der Waals surface area (Å²) in [4.78, 5) is 39.1. The molecule has 4 rings (SSSR count). The monoisotopic (exact) mass is 395 g/mol. The Bertz CT molecular complexity index is 958. The van der Waals surface area contributed by atoms with E-state index < -0.39 is 11.9 Å². The van der Waals surface area contributed by atoms with Gasteiger partial charge in [0, 0.05) is 43.7 Å². The van der Waals surface area contributed by atoms with Gasteiger partial charge in [-0.2, -0.15) is 0 Å². The lowest BCUT2D eigenvalue weighted by molar-refractivity contribution is -0.123. The summed E-state index contributed by atoms with van der Waals surface area (Å²) >= 11 is 0. The van der Waals surface area contributed by atoms with Crippen LogP contribution in [0, 0.1) is 5.92 Å². The molecule has 1 fully saturated rings. The zero-order chi connectivity index (χ0) is 20.4. The van der Waals surface area contributed by atoms with Gasteiger partial charge in [-0.25, -0.2) is 10.6 Å². The summed E-state index contributed by atoms with van der Waals surface area (Å²) in [6.07, 6.45) is 1.32. The zero-order valence-corrected chi connectivity index (χ0v) is 16.1. The molecule has 0 aliphatic carbocycles. The highest BCUT2D eigenvalue weighted by atomic mass is 16.2. The van der Waals surface area contributed by atoms with Crippen LogP contribution in [0.5, 0.6) is 0 Å². The van der Waals surface area contributed by atoms with E-state index in [0.29, 0.717) is 26.1 Å². The van der Waals surface area contributed by atoms with Gasteiger partial charge in [-0.15, -0.1) is 0 Å². The van der Waals surface area contributed by atoms with Gasteiger partial charge in [0.25, 0.3) is 11.5 Å². The molecule has 0 unspecified atom stereocenters. The molecule has 1 saturated heterocycles. The number of nitrogens with one attached hydrogen (secondary N) is 2. The van der Waals surface area contributed by atoms with Crippen LogP contribution in [0.2, 0.25) is 0 Å². The molecular weight excluding hydrogens is 370 g/mol. The van der Waals surface area contributed by atoms with Gasteiger partial charge in [0.05, 0.1) is 0 Å². The maximum absolute atomic E-state index is 13.0. The number of rotatable bonds is 4. The number of urea groups is 1. The smallest absolute Gasteiger partial charge is 0.318 e. The van der Waals surface area contributed by atoms with Crippen molar-refractivity contribution < 1.29 is 9.59 Å². The number of nitrogens with two attached hydrogens (primary N) is 1. The second-order valence-electron chi connectivity index (χ2n) is 7.80. The summed E-state index contributed by atoms with van der Waals surface area (Å²) in [6.45, 7) is 1.70. The number of carbonyl (C=O) groups excluding carboxylic acids is 2. The van der Waals surface area contributed by atoms with Crippen LogP contribution in [0.15, 0.2) is 53.3 Å². The van der Waals surface area contributed by atoms with E-state index in [0.717, 1.165) is 17.7 Å². The van der Waals surface area contributed by atoms with Gasteiger partial charge in [-0.05, 0) is 24.0 Å². The average Bonchev–Trinajstić information content (AvgIpc) is 2.74. The fraction of sp³-hybridized carbons (Fsp3) is 0.381. The number of benzene rings is 1. The summed E-state index contributed by atoms with van der Waals surface area (Å²) in [6, 6.07) is 13.8. The molecule has 29 heavy (non-hydrogen) atoms. The third kappa shape index (κ3) is 4.02. The molecule has 2 aliphatic heterocycles. The van der Waals surface area contributed by atoms with E-state index in [1.807, 2.05) is 41.0 Å². The summed E-state index contributed by atoms with van der Waals surface area (Å²) in [5, 5.41) is 2.84. The maximum Gasteiger partial charge on any atom is 0.318 e. The Morgan fingerprint density at radius 2 is 1.86 bits per heavy atom. The Morgan fingerprint density at radius 3 is 2.62 bits per heavy atom. The van der Waals surface area contributed by atoms with E-state index in [-0.39, 0.29) is 23.4 Å². The van der Waals surface area contributed by atoms with Crippen molar-refractivity contribution in [1.82, 2.24) is 20.2 Å². The normalized spacial score (nSPS) is 21.1. The first-order valence-corrected chi connectivity index (χ1v) is 9.84. The van der Waals surface area contributed by atoms with Crippen LogP contribution in [0.1, 0.15) is 23.6 Å². The van der Waals surface area contributed by atoms with E-state index in [1.54, 1.807) is 17.0 Å². The van der Waals surface area contributed by atoms with Crippen molar-refractivity contribution in [2.24, 2.45) is 11.8 Å². The quantitative estimate of drug-likeness (QED) is 0.400. The number of nitrogens with zero attached hydrogens (tertiary/aromatic N) is 2.